The Bertz CT molecular complexity index is 1010. The van der Waals surface area contributed by atoms with Gasteiger partial charge in [-0.25, -0.2) is 4.79 Å². The van der Waals surface area contributed by atoms with E-state index in [4.69, 9.17) is 24.1 Å². The molecule has 2 N–H and O–H groups in total. The molecule has 0 saturated carbocycles. The minimum absolute atomic E-state index is 0.275. The highest BCUT2D eigenvalue weighted by molar-refractivity contribution is 5.73. The molecule has 2 aliphatic heterocycles. The standard InChI is InChI=1S/C20H23NO4.C2HF3O2/c1-23-17-5-4-12-8-16-14-10-19(25-3)18(24-2)9-13(14)6-7-21(16)11-15(12)20(17)22;3-2(4,5)1(6)7/h4-5,9-10,16,22H,6-8,11H2,1-3H3;(H,6,7)/t16-;/m1./s1. The molecule has 0 aromatic heterocycles. The Morgan fingerprint density at radius 1 is 1.03 bits per heavy atom. The minimum atomic E-state index is -5.08. The molecule has 2 aromatic rings. The van der Waals surface area contributed by atoms with Crippen LogP contribution in [0.15, 0.2) is 24.3 Å². The Balaban J connectivity index is 0.000000360. The molecule has 1 atom stereocenters. The van der Waals surface area contributed by atoms with E-state index in [0.29, 0.717) is 11.8 Å². The lowest BCUT2D eigenvalue weighted by Crippen LogP contribution is -2.39. The molecule has 0 saturated heterocycles. The van der Waals surface area contributed by atoms with Crippen LogP contribution in [0.25, 0.3) is 0 Å². The van der Waals surface area contributed by atoms with Gasteiger partial charge in [0.25, 0.3) is 0 Å². The molecular formula is C22H24F3NO6. The van der Waals surface area contributed by atoms with Crippen molar-refractivity contribution in [3.05, 3.63) is 46.5 Å². The summed E-state index contributed by atoms with van der Waals surface area (Å²) < 4.78 is 47.9. The number of ether oxygens (including phenoxy) is 3. The number of hydrogen-bond acceptors (Lipinski definition) is 6. The van der Waals surface area contributed by atoms with Gasteiger partial charge in [-0.1, -0.05) is 6.07 Å². The maximum Gasteiger partial charge on any atom is 0.490 e. The number of carbonyl (C=O) groups is 1. The van der Waals surface area contributed by atoms with Crippen molar-refractivity contribution in [2.45, 2.75) is 31.6 Å². The summed E-state index contributed by atoms with van der Waals surface area (Å²) in [6.07, 6.45) is -3.25. The van der Waals surface area contributed by atoms with Gasteiger partial charge < -0.3 is 24.4 Å². The second kappa shape index (κ2) is 9.15. The number of phenolic OH excluding ortho intramolecular Hbond substituents is 1. The molecule has 0 fully saturated rings. The van der Waals surface area contributed by atoms with E-state index in [1.54, 1.807) is 21.3 Å². The zero-order valence-corrected chi connectivity index (χ0v) is 17.8. The van der Waals surface area contributed by atoms with Crippen LogP contribution in [0.4, 0.5) is 13.2 Å². The van der Waals surface area contributed by atoms with E-state index in [0.717, 1.165) is 43.0 Å². The van der Waals surface area contributed by atoms with Crippen molar-refractivity contribution in [2.75, 3.05) is 27.9 Å². The smallest absolute Gasteiger partial charge is 0.490 e. The van der Waals surface area contributed by atoms with Crippen molar-refractivity contribution in [3.8, 4) is 23.0 Å². The molecule has 0 bridgehead atoms. The van der Waals surface area contributed by atoms with Crippen LogP contribution in [0.2, 0.25) is 0 Å². The van der Waals surface area contributed by atoms with Crippen LogP contribution in [-0.4, -0.2) is 55.1 Å². The Kier molecular flexibility index (Phi) is 6.73. The zero-order chi connectivity index (χ0) is 23.6. The zero-order valence-electron chi connectivity index (χ0n) is 17.8. The summed E-state index contributed by atoms with van der Waals surface area (Å²) in [5, 5.41) is 17.6. The van der Waals surface area contributed by atoms with E-state index in [9.17, 15) is 18.3 Å². The summed E-state index contributed by atoms with van der Waals surface area (Å²) in [5.74, 6) is -0.384. The van der Waals surface area contributed by atoms with Gasteiger partial charge in [0.05, 0.1) is 21.3 Å². The number of rotatable bonds is 3. The average Bonchev–Trinajstić information content (AvgIpc) is 2.77. The van der Waals surface area contributed by atoms with Crippen LogP contribution in [0.3, 0.4) is 0 Å². The Morgan fingerprint density at radius 3 is 2.19 bits per heavy atom. The Labute approximate surface area is 182 Å². The molecule has 0 aliphatic carbocycles. The van der Waals surface area contributed by atoms with Gasteiger partial charge in [-0.3, -0.25) is 4.90 Å². The number of aromatic hydroxyl groups is 1. The largest absolute Gasteiger partial charge is 0.504 e. The Hall–Kier alpha value is -3.14. The van der Waals surface area contributed by atoms with Gasteiger partial charge in [-0.05, 0) is 47.7 Å². The highest BCUT2D eigenvalue weighted by Crippen LogP contribution is 2.45. The van der Waals surface area contributed by atoms with Crippen LogP contribution >= 0.6 is 0 Å². The number of halogens is 3. The monoisotopic (exact) mass is 455 g/mol. The van der Waals surface area contributed by atoms with Gasteiger partial charge in [0, 0.05) is 24.7 Å². The lowest BCUT2D eigenvalue weighted by atomic mass is 9.83. The van der Waals surface area contributed by atoms with Gasteiger partial charge in [0.2, 0.25) is 0 Å². The predicted molar refractivity (Wildman–Crippen MR) is 108 cm³/mol. The van der Waals surface area contributed by atoms with E-state index in [2.05, 4.69) is 23.1 Å². The third-order valence-corrected chi connectivity index (χ3v) is 5.69. The van der Waals surface area contributed by atoms with E-state index >= 15 is 0 Å². The van der Waals surface area contributed by atoms with Crippen molar-refractivity contribution in [1.82, 2.24) is 4.90 Å². The van der Waals surface area contributed by atoms with Crippen LogP contribution in [0.1, 0.15) is 28.3 Å². The number of phenols is 1. The van der Waals surface area contributed by atoms with Crippen molar-refractivity contribution in [2.24, 2.45) is 0 Å². The Morgan fingerprint density at radius 2 is 1.62 bits per heavy atom. The number of carboxylic acid groups (broad SMARTS) is 1. The average molecular weight is 455 g/mol. The quantitative estimate of drug-likeness (QED) is 0.730. The van der Waals surface area contributed by atoms with Crippen molar-refractivity contribution in [3.63, 3.8) is 0 Å². The van der Waals surface area contributed by atoms with Gasteiger partial charge in [0.15, 0.2) is 23.0 Å². The highest BCUT2D eigenvalue weighted by Gasteiger charge is 2.38. The van der Waals surface area contributed by atoms with E-state index in [-0.39, 0.29) is 5.75 Å². The molecule has 32 heavy (non-hydrogen) atoms. The number of benzene rings is 2. The third-order valence-electron chi connectivity index (χ3n) is 5.69. The molecule has 10 heteroatoms. The third kappa shape index (κ3) is 4.55. The maximum atomic E-state index is 10.6. The molecule has 174 valence electrons. The molecule has 2 aliphatic rings. The van der Waals surface area contributed by atoms with E-state index < -0.39 is 12.1 Å². The molecule has 0 spiro atoms. The number of carboxylic acids is 1. The van der Waals surface area contributed by atoms with Crippen molar-refractivity contribution in [1.29, 1.82) is 0 Å². The molecular weight excluding hydrogens is 431 g/mol. The lowest BCUT2D eigenvalue weighted by Gasteiger charge is -2.41. The van der Waals surface area contributed by atoms with Crippen molar-refractivity contribution < 1.29 is 42.4 Å². The molecule has 7 nitrogen and oxygen atoms in total. The predicted octanol–water partition coefficient (Wildman–Crippen LogP) is 3.71. The first-order valence-corrected chi connectivity index (χ1v) is 9.77. The normalized spacial score (nSPS) is 17.1. The summed E-state index contributed by atoms with van der Waals surface area (Å²) >= 11 is 0. The number of alkyl halides is 3. The van der Waals surface area contributed by atoms with E-state index in [1.165, 1.54) is 16.7 Å². The number of aliphatic carboxylic acids is 1. The number of fused-ring (bicyclic) bond motifs is 4. The first kappa shape index (κ1) is 23.5. The van der Waals surface area contributed by atoms with Crippen LogP contribution in [0.5, 0.6) is 23.0 Å². The fourth-order valence-corrected chi connectivity index (χ4v) is 4.11. The van der Waals surface area contributed by atoms with Gasteiger partial charge in [-0.15, -0.1) is 0 Å². The maximum absolute atomic E-state index is 10.6. The van der Waals surface area contributed by atoms with E-state index in [1.807, 2.05) is 6.07 Å². The molecule has 0 amide bonds. The second-order valence-electron chi connectivity index (χ2n) is 7.40. The topological polar surface area (TPSA) is 88.5 Å². The summed E-state index contributed by atoms with van der Waals surface area (Å²) in [6.45, 7) is 1.69. The molecule has 0 unspecified atom stereocenters. The van der Waals surface area contributed by atoms with Crippen LogP contribution < -0.4 is 14.2 Å². The molecule has 2 aromatic carbocycles. The van der Waals surface area contributed by atoms with Crippen LogP contribution in [0, 0.1) is 0 Å². The number of methoxy groups -OCH3 is 3. The fraction of sp³-hybridized carbons (Fsp3) is 0.409. The molecule has 0 radical (unpaired) electrons. The van der Waals surface area contributed by atoms with Gasteiger partial charge in [-0.2, -0.15) is 13.2 Å². The summed E-state index contributed by atoms with van der Waals surface area (Å²) in [7, 11) is 4.93. The highest BCUT2D eigenvalue weighted by atomic mass is 19.4. The first-order chi connectivity index (χ1) is 15.1. The van der Waals surface area contributed by atoms with Gasteiger partial charge >= 0.3 is 12.1 Å². The SMILES string of the molecule is COc1cc2c(cc1OC)[C@H]1Cc3ccc(OC)c(O)c3CN1CC2.O=C(O)C(F)(F)F. The lowest BCUT2D eigenvalue weighted by molar-refractivity contribution is -0.192. The first-order valence-electron chi connectivity index (χ1n) is 9.77. The number of hydrogen-bond donors (Lipinski definition) is 2. The van der Waals surface area contributed by atoms with Gasteiger partial charge in [0.1, 0.15) is 0 Å². The molecule has 4 rings (SSSR count). The molecule has 2 heterocycles. The fourth-order valence-electron chi connectivity index (χ4n) is 4.11. The van der Waals surface area contributed by atoms with Crippen molar-refractivity contribution >= 4 is 5.97 Å². The summed E-state index contributed by atoms with van der Waals surface area (Å²) in [6, 6.07) is 8.43. The summed E-state index contributed by atoms with van der Waals surface area (Å²) in [4.78, 5) is 11.3. The summed E-state index contributed by atoms with van der Waals surface area (Å²) in [5.41, 5.74) is 4.78. The number of nitrogens with zero attached hydrogens (tertiary/aromatic N) is 1. The second-order valence-corrected chi connectivity index (χ2v) is 7.40. The van der Waals surface area contributed by atoms with Crippen LogP contribution in [-0.2, 0) is 24.2 Å². The minimum Gasteiger partial charge on any atom is -0.504 e.